The Morgan fingerprint density at radius 1 is 1.33 bits per heavy atom. The summed E-state index contributed by atoms with van der Waals surface area (Å²) in [4.78, 5) is 11.6. The number of hydrogen-bond acceptors (Lipinski definition) is 3. The molecule has 0 saturated carbocycles. The molecule has 0 aliphatic carbocycles. The molecule has 98 valence electrons. The SMILES string of the molecule is CC(=O)C1CN(S(=O)(=O)C(C)C)c2ccccc21. The summed E-state index contributed by atoms with van der Waals surface area (Å²) in [7, 11) is -3.38. The summed E-state index contributed by atoms with van der Waals surface area (Å²) >= 11 is 0. The normalized spacial score (nSPS) is 19.1. The molecular weight excluding hydrogens is 250 g/mol. The van der Waals surface area contributed by atoms with Crippen molar-refractivity contribution in [1.82, 2.24) is 0 Å². The van der Waals surface area contributed by atoms with Crippen LogP contribution in [-0.4, -0.2) is 26.0 Å². The molecule has 4 nitrogen and oxygen atoms in total. The van der Waals surface area contributed by atoms with Gasteiger partial charge in [-0.15, -0.1) is 0 Å². The van der Waals surface area contributed by atoms with E-state index in [0.717, 1.165) is 5.56 Å². The first-order valence-corrected chi connectivity index (χ1v) is 7.47. The third-order valence-corrected chi connectivity index (χ3v) is 5.47. The van der Waals surface area contributed by atoms with Gasteiger partial charge in [0.25, 0.3) is 0 Å². The fourth-order valence-corrected chi connectivity index (χ4v) is 3.52. The number of carbonyl (C=O) groups is 1. The van der Waals surface area contributed by atoms with E-state index in [-0.39, 0.29) is 18.2 Å². The van der Waals surface area contributed by atoms with Gasteiger partial charge in [-0.2, -0.15) is 0 Å². The second kappa shape index (κ2) is 4.39. The highest BCUT2D eigenvalue weighted by atomic mass is 32.2. The molecule has 1 aliphatic heterocycles. The fraction of sp³-hybridized carbons (Fsp3) is 0.462. The van der Waals surface area contributed by atoms with Crippen LogP contribution in [0.2, 0.25) is 0 Å². The lowest BCUT2D eigenvalue weighted by Gasteiger charge is -2.22. The Hall–Kier alpha value is -1.36. The first-order chi connectivity index (χ1) is 8.35. The summed E-state index contributed by atoms with van der Waals surface area (Å²) in [5.74, 6) is -0.335. The van der Waals surface area contributed by atoms with Crippen molar-refractivity contribution < 1.29 is 13.2 Å². The molecule has 0 radical (unpaired) electrons. The Balaban J connectivity index is 2.53. The quantitative estimate of drug-likeness (QED) is 0.840. The monoisotopic (exact) mass is 267 g/mol. The average Bonchev–Trinajstić information content (AvgIpc) is 2.68. The van der Waals surface area contributed by atoms with Crippen molar-refractivity contribution >= 4 is 21.5 Å². The molecule has 0 spiro atoms. The summed E-state index contributed by atoms with van der Waals surface area (Å²) in [6.45, 7) is 5.04. The van der Waals surface area contributed by atoms with Gasteiger partial charge >= 0.3 is 0 Å². The van der Waals surface area contributed by atoms with E-state index < -0.39 is 15.3 Å². The Labute approximate surface area is 108 Å². The number of sulfonamides is 1. The number of Topliss-reactive ketones (excluding diaryl/α,β-unsaturated/α-hetero) is 1. The Kier molecular flexibility index (Phi) is 3.19. The number of hydrogen-bond donors (Lipinski definition) is 0. The van der Waals surface area contributed by atoms with E-state index in [1.807, 2.05) is 12.1 Å². The average molecular weight is 267 g/mol. The van der Waals surface area contributed by atoms with Gasteiger partial charge in [-0.25, -0.2) is 8.42 Å². The first-order valence-electron chi connectivity index (χ1n) is 5.96. The van der Waals surface area contributed by atoms with Gasteiger partial charge in [0.05, 0.1) is 16.9 Å². The smallest absolute Gasteiger partial charge is 0.237 e. The maximum Gasteiger partial charge on any atom is 0.237 e. The molecule has 2 rings (SSSR count). The van der Waals surface area contributed by atoms with Crippen LogP contribution < -0.4 is 4.31 Å². The zero-order valence-electron chi connectivity index (χ0n) is 10.8. The predicted octanol–water partition coefficient (Wildman–Crippen LogP) is 1.92. The minimum atomic E-state index is -3.38. The lowest BCUT2D eigenvalue weighted by Crippen LogP contribution is -2.36. The molecule has 0 bridgehead atoms. The van der Waals surface area contributed by atoms with Crippen molar-refractivity contribution in [3.8, 4) is 0 Å². The summed E-state index contributed by atoms with van der Waals surface area (Å²) in [6.07, 6.45) is 0. The number of benzene rings is 1. The van der Waals surface area contributed by atoms with Crippen LogP contribution in [0.1, 0.15) is 32.3 Å². The molecule has 1 aliphatic rings. The van der Waals surface area contributed by atoms with E-state index in [4.69, 9.17) is 0 Å². The van der Waals surface area contributed by atoms with Gasteiger partial charge < -0.3 is 0 Å². The van der Waals surface area contributed by atoms with Crippen LogP contribution in [0.5, 0.6) is 0 Å². The maximum atomic E-state index is 12.3. The topological polar surface area (TPSA) is 54.5 Å². The van der Waals surface area contributed by atoms with E-state index in [1.165, 1.54) is 11.2 Å². The molecule has 18 heavy (non-hydrogen) atoms. The maximum absolute atomic E-state index is 12.3. The first kappa shape index (κ1) is 13.1. The molecule has 1 aromatic carbocycles. The minimum absolute atomic E-state index is 0.00362. The van der Waals surface area contributed by atoms with E-state index in [9.17, 15) is 13.2 Å². The summed E-state index contributed by atoms with van der Waals surface area (Å²) in [5.41, 5.74) is 1.46. The van der Waals surface area contributed by atoms with E-state index in [0.29, 0.717) is 5.69 Å². The van der Waals surface area contributed by atoms with E-state index in [1.54, 1.807) is 26.0 Å². The molecule has 0 aromatic heterocycles. The van der Waals surface area contributed by atoms with Crippen LogP contribution in [0.4, 0.5) is 5.69 Å². The van der Waals surface area contributed by atoms with Gasteiger partial charge in [0.1, 0.15) is 5.78 Å². The molecule has 1 aromatic rings. The molecule has 0 N–H and O–H groups in total. The minimum Gasteiger partial charge on any atom is -0.299 e. The van der Waals surface area contributed by atoms with Gasteiger partial charge in [0.2, 0.25) is 10.0 Å². The fourth-order valence-electron chi connectivity index (χ4n) is 2.21. The van der Waals surface area contributed by atoms with E-state index in [2.05, 4.69) is 0 Å². The van der Waals surface area contributed by atoms with Crippen LogP contribution >= 0.6 is 0 Å². The largest absolute Gasteiger partial charge is 0.299 e. The van der Waals surface area contributed by atoms with Gasteiger partial charge in [0.15, 0.2) is 0 Å². The number of nitrogens with zero attached hydrogens (tertiary/aromatic N) is 1. The standard InChI is InChI=1S/C13H17NO3S/c1-9(2)18(16,17)14-8-12(10(3)15)11-6-4-5-7-13(11)14/h4-7,9,12H,8H2,1-3H3. The summed E-state index contributed by atoms with van der Waals surface area (Å²) in [6, 6.07) is 7.22. The summed E-state index contributed by atoms with van der Waals surface area (Å²) < 4.78 is 25.9. The highest BCUT2D eigenvalue weighted by Crippen LogP contribution is 2.38. The van der Waals surface area contributed by atoms with Crippen molar-refractivity contribution in [3.63, 3.8) is 0 Å². The molecule has 0 amide bonds. The highest BCUT2D eigenvalue weighted by molar-refractivity contribution is 7.93. The Morgan fingerprint density at radius 2 is 1.94 bits per heavy atom. The summed E-state index contributed by atoms with van der Waals surface area (Å²) in [5, 5.41) is -0.490. The van der Waals surface area contributed by atoms with Crippen molar-refractivity contribution in [2.45, 2.75) is 31.9 Å². The molecule has 1 heterocycles. The van der Waals surface area contributed by atoms with Crippen molar-refractivity contribution in [3.05, 3.63) is 29.8 Å². The molecule has 0 fully saturated rings. The van der Waals surface area contributed by atoms with Crippen molar-refractivity contribution in [1.29, 1.82) is 0 Å². The third kappa shape index (κ3) is 1.92. The molecular formula is C13H17NO3S. The van der Waals surface area contributed by atoms with Crippen molar-refractivity contribution in [2.24, 2.45) is 0 Å². The van der Waals surface area contributed by atoms with Crippen LogP contribution in [0.15, 0.2) is 24.3 Å². The van der Waals surface area contributed by atoms with Gasteiger partial charge in [-0.05, 0) is 32.4 Å². The zero-order chi connectivity index (χ0) is 13.5. The van der Waals surface area contributed by atoms with Crippen LogP contribution in [-0.2, 0) is 14.8 Å². The van der Waals surface area contributed by atoms with Crippen LogP contribution in [0, 0.1) is 0 Å². The van der Waals surface area contributed by atoms with E-state index >= 15 is 0 Å². The molecule has 0 saturated heterocycles. The molecule has 1 atom stereocenters. The number of anilines is 1. The second-order valence-electron chi connectivity index (χ2n) is 4.85. The Morgan fingerprint density at radius 3 is 2.50 bits per heavy atom. The van der Waals surface area contributed by atoms with Gasteiger partial charge in [0, 0.05) is 6.54 Å². The Bertz CT molecular complexity index is 578. The molecule has 5 heteroatoms. The predicted molar refractivity (Wildman–Crippen MR) is 71.3 cm³/mol. The lowest BCUT2D eigenvalue weighted by atomic mass is 9.98. The van der Waals surface area contributed by atoms with Crippen molar-refractivity contribution in [2.75, 3.05) is 10.8 Å². The number of para-hydroxylation sites is 1. The number of ketones is 1. The number of carbonyl (C=O) groups excluding carboxylic acids is 1. The number of fused-ring (bicyclic) bond motifs is 1. The third-order valence-electron chi connectivity index (χ3n) is 3.32. The highest BCUT2D eigenvalue weighted by Gasteiger charge is 2.38. The number of rotatable bonds is 3. The zero-order valence-corrected chi connectivity index (χ0v) is 11.6. The van der Waals surface area contributed by atoms with Crippen LogP contribution in [0.3, 0.4) is 0 Å². The van der Waals surface area contributed by atoms with Crippen LogP contribution in [0.25, 0.3) is 0 Å². The second-order valence-corrected chi connectivity index (χ2v) is 7.26. The van der Waals surface area contributed by atoms with Gasteiger partial charge in [-0.3, -0.25) is 9.10 Å². The lowest BCUT2D eigenvalue weighted by molar-refractivity contribution is -0.118. The van der Waals surface area contributed by atoms with Gasteiger partial charge in [-0.1, -0.05) is 18.2 Å². The molecule has 1 unspecified atom stereocenters.